The van der Waals surface area contributed by atoms with Gasteiger partial charge in [-0.2, -0.15) is 0 Å². The van der Waals surface area contributed by atoms with Gasteiger partial charge in [0.2, 0.25) is 5.91 Å². The molecule has 1 atom stereocenters. The van der Waals surface area contributed by atoms with Crippen molar-refractivity contribution in [2.75, 3.05) is 0 Å². The summed E-state index contributed by atoms with van der Waals surface area (Å²) in [5, 5.41) is 5.70. The highest BCUT2D eigenvalue weighted by Gasteiger charge is 2.21. The first-order valence-electron chi connectivity index (χ1n) is 6.83. The number of rotatable bonds is 4. The van der Waals surface area contributed by atoms with Gasteiger partial charge < -0.3 is 10.6 Å². The lowest BCUT2D eigenvalue weighted by atomic mass is 10.2. The van der Waals surface area contributed by atoms with E-state index in [0.29, 0.717) is 5.56 Å². The number of hydrogen-bond acceptors (Lipinski definition) is 2. The van der Waals surface area contributed by atoms with Crippen LogP contribution in [0.3, 0.4) is 0 Å². The zero-order chi connectivity index (χ0) is 13.7. The maximum Gasteiger partial charge on any atom is 0.251 e. The van der Waals surface area contributed by atoms with Gasteiger partial charge >= 0.3 is 0 Å². The van der Waals surface area contributed by atoms with E-state index in [9.17, 15) is 9.59 Å². The van der Waals surface area contributed by atoms with E-state index in [0.717, 1.165) is 12.8 Å². The highest BCUT2D eigenvalue weighted by atomic mass is 16.2. The lowest BCUT2D eigenvalue weighted by Gasteiger charge is -2.17. The molecule has 4 nitrogen and oxygen atoms in total. The molecule has 0 saturated heterocycles. The van der Waals surface area contributed by atoms with Crippen molar-refractivity contribution in [3.63, 3.8) is 0 Å². The molecule has 0 aromatic heterocycles. The molecule has 1 aromatic carbocycles. The first kappa shape index (κ1) is 13.6. The van der Waals surface area contributed by atoms with Gasteiger partial charge in [-0.3, -0.25) is 9.59 Å². The highest BCUT2D eigenvalue weighted by molar-refractivity contribution is 5.97. The van der Waals surface area contributed by atoms with Crippen LogP contribution in [0.4, 0.5) is 0 Å². The standard InChI is InChI=1S/C15H20N2O2/c1-11(14(18)17-13-9-5-6-10-13)16-15(19)12-7-3-2-4-8-12/h2-4,7-8,11,13H,5-6,9-10H2,1H3,(H,16,19)(H,17,18)/t11-/m0/s1. The monoisotopic (exact) mass is 260 g/mol. The summed E-state index contributed by atoms with van der Waals surface area (Å²) in [6.45, 7) is 1.71. The van der Waals surface area contributed by atoms with Gasteiger partial charge in [-0.15, -0.1) is 0 Å². The largest absolute Gasteiger partial charge is 0.352 e. The molecule has 0 spiro atoms. The van der Waals surface area contributed by atoms with E-state index in [2.05, 4.69) is 10.6 Å². The van der Waals surface area contributed by atoms with Crippen LogP contribution in [-0.4, -0.2) is 23.9 Å². The van der Waals surface area contributed by atoms with Crippen LogP contribution < -0.4 is 10.6 Å². The van der Waals surface area contributed by atoms with E-state index in [1.807, 2.05) is 6.07 Å². The summed E-state index contributed by atoms with van der Waals surface area (Å²) in [4.78, 5) is 23.8. The molecule has 1 aliphatic carbocycles. The molecule has 2 rings (SSSR count). The van der Waals surface area contributed by atoms with Crippen LogP contribution in [0.2, 0.25) is 0 Å². The number of carbonyl (C=O) groups is 2. The van der Waals surface area contributed by atoms with Gasteiger partial charge in [-0.1, -0.05) is 31.0 Å². The van der Waals surface area contributed by atoms with Crippen molar-refractivity contribution >= 4 is 11.8 Å². The number of nitrogens with one attached hydrogen (secondary N) is 2. The molecule has 0 aliphatic heterocycles. The molecule has 2 amide bonds. The smallest absolute Gasteiger partial charge is 0.251 e. The number of amides is 2. The predicted molar refractivity (Wildman–Crippen MR) is 73.8 cm³/mol. The summed E-state index contributed by atoms with van der Waals surface area (Å²) in [7, 11) is 0. The van der Waals surface area contributed by atoms with E-state index in [1.54, 1.807) is 31.2 Å². The van der Waals surface area contributed by atoms with Crippen molar-refractivity contribution in [1.82, 2.24) is 10.6 Å². The third-order valence-electron chi connectivity index (χ3n) is 3.48. The van der Waals surface area contributed by atoms with Crippen LogP contribution in [-0.2, 0) is 4.79 Å². The fraction of sp³-hybridized carbons (Fsp3) is 0.467. The Balaban J connectivity index is 1.84. The molecule has 1 aromatic rings. The second kappa shape index (κ2) is 6.36. The molecule has 1 aliphatic rings. The van der Waals surface area contributed by atoms with Gasteiger partial charge in [0.05, 0.1) is 0 Å². The molecule has 19 heavy (non-hydrogen) atoms. The molecule has 102 valence electrons. The molecule has 1 saturated carbocycles. The maximum absolute atomic E-state index is 11.9. The average molecular weight is 260 g/mol. The van der Waals surface area contributed by atoms with Gasteiger partial charge in [0.25, 0.3) is 5.91 Å². The van der Waals surface area contributed by atoms with Crippen molar-refractivity contribution < 1.29 is 9.59 Å². The van der Waals surface area contributed by atoms with Crippen LogP contribution in [0.25, 0.3) is 0 Å². The molecule has 0 heterocycles. The molecular weight excluding hydrogens is 240 g/mol. The van der Waals surface area contributed by atoms with E-state index < -0.39 is 6.04 Å². The second-order valence-corrected chi connectivity index (χ2v) is 5.05. The summed E-state index contributed by atoms with van der Waals surface area (Å²) >= 11 is 0. The Hall–Kier alpha value is -1.84. The fourth-order valence-corrected chi connectivity index (χ4v) is 2.33. The summed E-state index contributed by atoms with van der Waals surface area (Å²) in [5.74, 6) is -0.314. The van der Waals surface area contributed by atoms with Crippen LogP contribution >= 0.6 is 0 Å². The Kier molecular flexibility index (Phi) is 4.55. The number of hydrogen-bond donors (Lipinski definition) is 2. The first-order valence-corrected chi connectivity index (χ1v) is 6.83. The summed E-state index contributed by atoms with van der Waals surface area (Å²) in [6, 6.07) is 8.70. The van der Waals surface area contributed by atoms with Gasteiger partial charge in [0.15, 0.2) is 0 Å². The Labute approximate surface area is 113 Å². The second-order valence-electron chi connectivity index (χ2n) is 5.05. The van der Waals surface area contributed by atoms with E-state index in [-0.39, 0.29) is 17.9 Å². The zero-order valence-electron chi connectivity index (χ0n) is 11.2. The number of carbonyl (C=O) groups excluding carboxylic acids is 2. The Bertz CT molecular complexity index is 439. The normalized spacial score (nSPS) is 16.9. The molecule has 0 radical (unpaired) electrons. The lowest BCUT2D eigenvalue weighted by molar-refractivity contribution is -0.123. The fourth-order valence-electron chi connectivity index (χ4n) is 2.33. The van der Waals surface area contributed by atoms with E-state index >= 15 is 0 Å². The third kappa shape index (κ3) is 3.81. The van der Waals surface area contributed by atoms with Gasteiger partial charge in [0.1, 0.15) is 6.04 Å². The summed E-state index contributed by atoms with van der Waals surface area (Å²) in [5.41, 5.74) is 0.572. The highest BCUT2D eigenvalue weighted by Crippen LogP contribution is 2.17. The Morgan fingerprint density at radius 3 is 2.42 bits per heavy atom. The van der Waals surface area contributed by atoms with Gasteiger partial charge in [0, 0.05) is 11.6 Å². The van der Waals surface area contributed by atoms with Crippen LogP contribution in [0, 0.1) is 0 Å². The van der Waals surface area contributed by atoms with Gasteiger partial charge in [-0.05, 0) is 31.9 Å². The average Bonchev–Trinajstić information content (AvgIpc) is 2.92. The molecule has 2 N–H and O–H groups in total. The van der Waals surface area contributed by atoms with Crippen molar-refractivity contribution in [3.8, 4) is 0 Å². The maximum atomic E-state index is 11.9. The van der Waals surface area contributed by atoms with Crippen molar-refractivity contribution in [3.05, 3.63) is 35.9 Å². The van der Waals surface area contributed by atoms with Crippen molar-refractivity contribution in [2.24, 2.45) is 0 Å². The van der Waals surface area contributed by atoms with Crippen LogP contribution in [0.15, 0.2) is 30.3 Å². The van der Waals surface area contributed by atoms with Crippen LogP contribution in [0.5, 0.6) is 0 Å². The topological polar surface area (TPSA) is 58.2 Å². The lowest BCUT2D eigenvalue weighted by Crippen LogP contribution is -2.47. The minimum absolute atomic E-state index is 0.101. The van der Waals surface area contributed by atoms with E-state index in [4.69, 9.17) is 0 Å². The molecule has 0 bridgehead atoms. The van der Waals surface area contributed by atoms with E-state index in [1.165, 1.54) is 12.8 Å². The zero-order valence-corrected chi connectivity index (χ0v) is 11.2. The van der Waals surface area contributed by atoms with Crippen LogP contribution in [0.1, 0.15) is 43.0 Å². The van der Waals surface area contributed by atoms with Gasteiger partial charge in [-0.25, -0.2) is 0 Å². The SMILES string of the molecule is C[C@H](NC(=O)c1ccccc1)C(=O)NC1CCCC1. The molecule has 4 heteroatoms. The molecule has 0 unspecified atom stereocenters. The molecule has 1 fully saturated rings. The minimum Gasteiger partial charge on any atom is -0.352 e. The first-order chi connectivity index (χ1) is 9.16. The van der Waals surface area contributed by atoms with Crippen molar-refractivity contribution in [2.45, 2.75) is 44.7 Å². The quantitative estimate of drug-likeness (QED) is 0.868. The summed E-state index contributed by atoms with van der Waals surface area (Å²) in [6.07, 6.45) is 4.45. The Morgan fingerprint density at radius 1 is 1.16 bits per heavy atom. The number of benzene rings is 1. The summed E-state index contributed by atoms with van der Waals surface area (Å²) < 4.78 is 0. The molecular formula is C15H20N2O2. The minimum atomic E-state index is -0.506. The third-order valence-corrected chi connectivity index (χ3v) is 3.48. The van der Waals surface area contributed by atoms with Crippen molar-refractivity contribution in [1.29, 1.82) is 0 Å². The Morgan fingerprint density at radius 2 is 1.79 bits per heavy atom. The predicted octanol–water partition coefficient (Wildman–Crippen LogP) is 1.86.